The van der Waals surface area contributed by atoms with Crippen LogP contribution in [0.1, 0.15) is 68.8 Å². The highest BCUT2D eigenvalue weighted by atomic mass is 32.2. The Morgan fingerprint density at radius 2 is 2.05 bits per heavy atom. The van der Waals surface area contributed by atoms with Crippen LogP contribution in [0, 0.1) is 23.7 Å². The van der Waals surface area contributed by atoms with Gasteiger partial charge in [0, 0.05) is 25.7 Å². The summed E-state index contributed by atoms with van der Waals surface area (Å²) >= 11 is 0. The number of nitrogens with zero attached hydrogens (tertiary/aromatic N) is 3. The molecule has 0 aromatic carbocycles. The normalized spacial score (nSPS) is 30.0. The molecule has 0 radical (unpaired) electrons. The van der Waals surface area contributed by atoms with Crippen LogP contribution < -0.4 is 15.8 Å². The smallest absolute Gasteiger partial charge is 0.272 e. The van der Waals surface area contributed by atoms with Crippen LogP contribution in [0.25, 0.3) is 0 Å². The van der Waals surface area contributed by atoms with Crippen LogP contribution in [-0.4, -0.2) is 65.9 Å². The van der Waals surface area contributed by atoms with Crippen molar-refractivity contribution in [1.29, 1.82) is 0 Å². The van der Waals surface area contributed by atoms with Gasteiger partial charge >= 0.3 is 0 Å². The fraction of sp³-hybridized carbons (Fsp3) is 0.667. The number of carbonyl (C=O) groups is 4. The maximum atomic E-state index is 13.5. The molecule has 2 heterocycles. The molecule has 0 spiro atoms. The number of carbonyl (C=O) groups excluding carboxylic acids is 4. The van der Waals surface area contributed by atoms with Crippen LogP contribution in [0.3, 0.4) is 0 Å². The maximum Gasteiger partial charge on any atom is 0.272 e. The van der Waals surface area contributed by atoms with Gasteiger partial charge in [-0.2, -0.15) is 5.10 Å². The number of primary amides is 1. The van der Waals surface area contributed by atoms with Crippen molar-refractivity contribution in [3.63, 3.8) is 0 Å². The number of allylic oxidation sites excluding steroid dienone is 2. The van der Waals surface area contributed by atoms with E-state index in [4.69, 9.17) is 5.73 Å². The molecule has 12 heteroatoms. The Kier molecular flexibility index (Phi) is 7.67. The minimum atomic E-state index is -1.31. The van der Waals surface area contributed by atoms with Crippen molar-refractivity contribution in [3.05, 3.63) is 30.1 Å². The molecule has 6 unspecified atom stereocenters. The fourth-order valence-electron chi connectivity index (χ4n) is 5.58. The number of likely N-dealkylation sites (tertiary alicyclic amines) is 1. The lowest BCUT2D eigenvalue weighted by Crippen LogP contribution is -2.54. The molecule has 39 heavy (non-hydrogen) atoms. The van der Waals surface area contributed by atoms with E-state index in [0.717, 1.165) is 38.5 Å². The van der Waals surface area contributed by atoms with Gasteiger partial charge in [0.1, 0.15) is 28.8 Å². The lowest BCUT2D eigenvalue weighted by atomic mass is 10.0. The molecule has 4 N–H and O–H groups in total. The van der Waals surface area contributed by atoms with E-state index >= 15 is 0 Å². The standard InChI is InChI=1S/C27H38N6O5S/c1-27(10-11-27)39(38)31-24(35)19-15-17(19)7-4-3-6-16-14-18(16)22(29-25(36)20-9-13-32(2)30-20)26(37)33-12-5-8-21(33)23(28)34/h4,7,9,13,16-19,21-22H,3,5-6,8,10-12,14-15H2,1-2H3,(H2,28,34)(H,29,36)(H,31,35)/b7-4-/t16?,17?,18?,19?,21?,22-,39?/m0/s1. The molecule has 3 aliphatic carbocycles. The van der Waals surface area contributed by atoms with Crippen molar-refractivity contribution in [2.24, 2.45) is 36.5 Å². The van der Waals surface area contributed by atoms with Gasteiger partial charge in [0.2, 0.25) is 17.7 Å². The van der Waals surface area contributed by atoms with Gasteiger partial charge in [0.25, 0.3) is 5.91 Å². The molecule has 1 aliphatic heterocycles. The number of rotatable bonds is 12. The van der Waals surface area contributed by atoms with E-state index in [1.54, 1.807) is 19.3 Å². The molecule has 0 bridgehead atoms. The van der Waals surface area contributed by atoms with Gasteiger partial charge in [-0.1, -0.05) is 12.2 Å². The van der Waals surface area contributed by atoms with E-state index in [1.807, 2.05) is 6.92 Å². The van der Waals surface area contributed by atoms with Crippen LogP contribution in [-0.2, 0) is 32.4 Å². The SMILES string of the molecule is Cn1ccc(C(=O)N[C@H](C(=O)N2CCCC2C(N)=O)C2CC2CC/C=C\C2CC2C(=O)NS(=O)C2(C)CC2)n1. The average molecular weight is 559 g/mol. The van der Waals surface area contributed by atoms with E-state index in [-0.39, 0.29) is 45.9 Å². The first kappa shape index (κ1) is 27.5. The molecule has 5 rings (SSSR count). The van der Waals surface area contributed by atoms with E-state index in [2.05, 4.69) is 27.3 Å². The molecular weight excluding hydrogens is 520 g/mol. The third-order valence-electron chi connectivity index (χ3n) is 8.63. The number of amides is 4. The van der Waals surface area contributed by atoms with Crippen molar-refractivity contribution in [2.75, 3.05) is 6.54 Å². The molecule has 4 amide bonds. The van der Waals surface area contributed by atoms with Crippen molar-refractivity contribution >= 4 is 34.6 Å². The van der Waals surface area contributed by atoms with Gasteiger partial charge in [-0.3, -0.25) is 28.6 Å². The zero-order valence-electron chi connectivity index (χ0n) is 22.5. The highest BCUT2D eigenvalue weighted by molar-refractivity contribution is 7.85. The summed E-state index contributed by atoms with van der Waals surface area (Å²) in [5.74, 6) is -1.00. The van der Waals surface area contributed by atoms with Crippen LogP contribution >= 0.6 is 0 Å². The van der Waals surface area contributed by atoms with Crippen molar-refractivity contribution in [2.45, 2.75) is 75.1 Å². The molecule has 1 saturated heterocycles. The monoisotopic (exact) mass is 558 g/mol. The highest BCUT2D eigenvalue weighted by Crippen LogP contribution is 2.46. The van der Waals surface area contributed by atoms with Gasteiger partial charge in [0.15, 0.2) is 0 Å². The quantitative estimate of drug-likeness (QED) is 0.324. The summed E-state index contributed by atoms with van der Waals surface area (Å²) in [5, 5.41) is 7.04. The lowest BCUT2D eigenvalue weighted by Gasteiger charge is -2.28. The summed E-state index contributed by atoms with van der Waals surface area (Å²) in [4.78, 5) is 52.2. The van der Waals surface area contributed by atoms with Crippen molar-refractivity contribution in [3.8, 4) is 0 Å². The summed E-state index contributed by atoms with van der Waals surface area (Å²) in [5.41, 5.74) is 5.78. The fourth-order valence-corrected chi connectivity index (χ4v) is 6.63. The molecule has 212 valence electrons. The van der Waals surface area contributed by atoms with Crippen molar-refractivity contribution in [1.82, 2.24) is 24.7 Å². The number of nitrogens with two attached hydrogens (primary N) is 1. The Bertz CT molecular complexity index is 1210. The van der Waals surface area contributed by atoms with Gasteiger partial charge in [-0.05, 0) is 82.1 Å². The van der Waals surface area contributed by atoms with E-state index in [1.165, 1.54) is 9.58 Å². The number of aryl methyl sites for hydroxylation is 1. The van der Waals surface area contributed by atoms with Gasteiger partial charge < -0.3 is 16.0 Å². The van der Waals surface area contributed by atoms with Crippen LogP contribution in [0.5, 0.6) is 0 Å². The second-order valence-corrected chi connectivity index (χ2v) is 13.5. The Morgan fingerprint density at radius 3 is 2.72 bits per heavy atom. The molecule has 3 saturated carbocycles. The van der Waals surface area contributed by atoms with Crippen LogP contribution in [0.4, 0.5) is 0 Å². The summed E-state index contributed by atoms with van der Waals surface area (Å²) in [6, 6.07) is 0.225. The average Bonchev–Trinajstić information content (AvgIpc) is 3.85. The maximum absolute atomic E-state index is 13.5. The summed E-state index contributed by atoms with van der Waals surface area (Å²) in [6.45, 7) is 2.38. The number of nitrogens with one attached hydrogen (secondary N) is 2. The third kappa shape index (κ3) is 6.26. The predicted molar refractivity (Wildman–Crippen MR) is 144 cm³/mol. The van der Waals surface area contributed by atoms with Crippen molar-refractivity contribution < 1.29 is 23.4 Å². The van der Waals surface area contributed by atoms with Gasteiger partial charge in [0.05, 0.1) is 4.75 Å². The zero-order chi connectivity index (χ0) is 27.9. The van der Waals surface area contributed by atoms with Gasteiger partial charge in [-0.15, -0.1) is 0 Å². The molecule has 11 nitrogen and oxygen atoms in total. The summed E-state index contributed by atoms with van der Waals surface area (Å²) in [6.07, 6.45) is 12.1. The Hall–Kier alpha value is -3.02. The van der Waals surface area contributed by atoms with E-state index < -0.39 is 34.9 Å². The summed E-state index contributed by atoms with van der Waals surface area (Å²) in [7, 11) is 0.413. The van der Waals surface area contributed by atoms with E-state index in [0.29, 0.717) is 19.4 Å². The Morgan fingerprint density at radius 1 is 1.28 bits per heavy atom. The molecule has 7 atom stereocenters. The number of hydrogen-bond acceptors (Lipinski definition) is 6. The second kappa shape index (κ2) is 10.9. The lowest BCUT2D eigenvalue weighted by molar-refractivity contribution is -0.139. The van der Waals surface area contributed by atoms with Gasteiger partial charge in [-0.25, -0.2) is 4.21 Å². The topological polar surface area (TPSA) is 156 Å². The highest BCUT2D eigenvalue weighted by Gasteiger charge is 2.50. The minimum Gasteiger partial charge on any atom is -0.368 e. The Labute approximate surface area is 230 Å². The van der Waals surface area contributed by atoms with E-state index in [9.17, 15) is 23.4 Å². The second-order valence-electron chi connectivity index (χ2n) is 11.8. The zero-order valence-corrected chi connectivity index (χ0v) is 23.3. The first-order chi connectivity index (χ1) is 18.6. The summed E-state index contributed by atoms with van der Waals surface area (Å²) < 4.78 is 16.2. The molecule has 1 aromatic rings. The number of hydrogen-bond donors (Lipinski definition) is 3. The third-order valence-corrected chi connectivity index (χ3v) is 10.3. The first-order valence-electron chi connectivity index (χ1n) is 13.9. The molecule has 4 fully saturated rings. The predicted octanol–water partition coefficient (Wildman–Crippen LogP) is 0.936. The minimum absolute atomic E-state index is 0.0223. The molecule has 1 aromatic heterocycles. The first-order valence-corrected chi connectivity index (χ1v) is 15.0. The Balaban J connectivity index is 1.13. The molecule has 4 aliphatic rings. The van der Waals surface area contributed by atoms with Crippen LogP contribution in [0.2, 0.25) is 0 Å². The largest absolute Gasteiger partial charge is 0.368 e. The van der Waals surface area contributed by atoms with Crippen LogP contribution in [0.15, 0.2) is 24.4 Å². The molecular formula is C27H38N6O5S. The number of aromatic nitrogens is 2.